The quantitative estimate of drug-likeness (QED) is 0.260. The molecule has 0 spiro atoms. The van der Waals surface area contributed by atoms with Crippen LogP contribution in [0.1, 0.15) is 61.8 Å². The number of ether oxygens (including phenoxy) is 1. The lowest BCUT2D eigenvalue weighted by atomic mass is 9.83. The molecule has 1 fully saturated rings. The fraction of sp³-hybridized carbons (Fsp3) is 0.625. The molecule has 41 heavy (non-hydrogen) atoms. The number of carbonyl (C=O) groups excluding carboxylic acids is 1. The number of amides is 1. The lowest BCUT2D eigenvalue weighted by Crippen LogP contribution is -2.45. The van der Waals surface area contributed by atoms with Crippen molar-refractivity contribution in [2.75, 3.05) is 60.5 Å². The molecule has 9 heteroatoms. The largest absolute Gasteiger partial charge is 0.493 e. The van der Waals surface area contributed by atoms with Crippen LogP contribution in [-0.4, -0.2) is 108 Å². The third-order valence-electron chi connectivity index (χ3n) is 8.49. The minimum atomic E-state index is -0.808. The molecular weight excluding hydrogens is 518 g/mol. The summed E-state index contributed by atoms with van der Waals surface area (Å²) < 4.78 is 6.61. The second kappa shape index (κ2) is 14.2. The summed E-state index contributed by atoms with van der Waals surface area (Å²) in [6.07, 6.45) is 9.37. The summed E-state index contributed by atoms with van der Waals surface area (Å²) in [5.41, 5.74) is 3.04. The maximum Gasteiger partial charge on any atom is 0.308 e. The second-order valence-electron chi connectivity index (χ2n) is 12.6. The Bertz CT molecular complexity index is 1150. The monoisotopic (exact) mass is 566 g/mol. The van der Waals surface area contributed by atoms with Gasteiger partial charge in [0, 0.05) is 49.9 Å². The van der Waals surface area contributed by atoms with E-state index in [2.05, 4.69) is 49.0 Å². The zero-order valence-electron chi connectivity index (χ0n) is 25.3. The summed E-state index contributed by atoms with van der Waals surface area (Å²) in [5.74, 6) is -0.628. The molecule has 0 radical (unpaired) electrons. The van der Waals surface area contributed by atoms with Gasteiger partial charge in [-0.15, -0.1) is 0 Å². The van der Waals surface area contributed by atoms with Crippen LogP contribution in [-0.2, 0) is 22.4 Å². The first-order chi connectivity index (χ1) is 19.7. The molecule has 3 heterocycles. The van der Waals surface area contributed by atoms with Crippen LogP contribution in [0.15, 0.2) is 36.8 Å². The SMILES string of the molecule is CCCCN(CCCC[N+](C)(C)C)C(=O)CN1C[C@H](c2ccc3c(c2)CCO3)C(C(=O)O)[C@@H]1CCc1ccncn1. The zero-order chi connectivity index (χ0) is 29.4. The molecule has 2 aliphatic rings. The lowest BCUT2D eigenvalue weighted by molar-refractivity contribution is -0.870. The van der Waals surface area contributed by atoms with Gasteiger partial charge >= 0.3 is 5.97 Å². The average molecular weight is 567 g/mol. The van der Waals surface area contributed by atoms with Crippen LogP contribution >= 0.6 is 0 Å². The van der Waals surface area contributed by atoms with E-state index in [0.717, 1.165) is 78.8 Å². The molecule has 0 bridgehead atoms. The van der Waals surface area contributed by atoms with Crippen LogP contribution in [0.3, 0.4) is 0 Å². The Kier molecular flexibility index (Phi) is 10.7. The van der Waals surface area contributed by atoms with Gasteiger partial charge in [0.1, 0.15) is 12.1 Å². The van der Waals surface area contributed by atoms with E-state index in [-0.39, 0.29) is 24.4 Å². The van der Waals surface area contributed by atoms with Crippen LogP contribution in [0.5, 0.6) is 5.75 Å². The molecule has 1 aromatic carbocycles. The third kappa shape index (κ3) is 8.49. The Morgan fingerprint density at radius 3 is 2.66 bits per heavy atom. The molecule has 0 aliphatic carbocycles. The Hall–Kier alpha value is -3.04. The molecule has 9 nitrogen and oxygen atoms in total. The summed E-state index contributed by atoms with van der Waals surface area (Å²) in [7, 11) is 6.58. The van der Waals surface area contributed by atoms with E-state index in [1.807, 2.05) is 23.1 Å². The van der Waals surface area contributed by atoms with Crippen molar-refractivity contribution in [3.8, 4) is 5.75 Å². The fourth-order valence-electron chi connectivity index (χ4n) is 6.26. The van der Waals surface area contributed by atoms with Gasteiger partial charge in [-0.3, -0.25) is 14.5 Å². The summed E-state index contributed by atoms with van der Waals surface area (Å²) in [5, 5.41) is 10.5. The molecule has 0 saturated carbocycles. The van der Waals surface area contributed by atoms with Crippen molar-refractivity contribution in [3.05, 3.63) is 53.6 Å². The highest BCUT2D eigenvalue weighted by molar-refractivity contribution is 5.79. The van der Waals surface area contributed by atoms with E-state index >= 15 is 0 Å². The first kappa shape index (κ1) is 30.9. The number of fused-ring (bicyclic) bond motifs is 1. The second-order valence-corrected chi connectivity index (χ2v) is 12.6. The van der Waals surface area contributed by atoms with Crippen molar-refractivity contribution in [2.24, 2.45) is 5.92 Å². The Labute approximate surface area is 245 Å². The standard InChI is InChI=1S/C32H47N5O4/c1-5-6-16-35(17-7-8-18-37(2,3)4)30(38)22-36-21-27(24-9-12-29-25(20-24)14-19-41-29)31(32(39)40)28(36)11-10-26-13-15-33-23-34-26/h9,12-13,15,20,23,27-28,31H,5-8,10-11,14,16-19,21-22H2,1-4H3/p+1/t27-,28+,31?/m1/s1. The molecule has 3 atom stereocenters. The first-order valence-corrected chi connectivity index (χ1v) is 15.2. The van der Waals surface area contributed by atoms with E-state index in [0.29, 0.717) is 26.0 Å². The number of aromatic nitrogens is 2. The summed E-state index contributed by atoms with van der Waals surface area (Å²) in [4.78, 5) is 39.1. The van der Waals surface area contributed by atoms with Crippen molar-refractivity contribution >= 4 is 11.9 Å². The number of quaternary nitrogens is 1. The van der Waals surface area contributed by atoms with Gasteiger partial charge in [0.05, 0.1) is 46.8 Å². The van der Waals surface area contributed by atoms with Gasteiger partial charge in [-0.25, -0.2) is 9.97 Å². The van der Waals surface area contributed by atoms with Crippen LogP contribution in [0.4, 0.5) is 0 Å². The first-order valence-electron chi connectivity index (χ1n) is 15.2. The topological polar surface area (TPSA) is 95.9 Å². The molecule has 1 unspecified atom stereocenters. The molecule has 4 rings (SSSR count). The van der Waals surface area contributed by atoms with Crippen LogP contribution in [0.2, 0.25) is 0 Å². The van der Waals surface area contributed by atoms with E-state index in [1.54, 1.807) is 6.20 Å². The maximum atomic E-state index is 13.8. The highest BCUT2D eigenvalue weighted by atomic mass is 16.5. The third-order valence-corrected chi connectivity index (χ3v) is 8.49. The number of carboxylic acid groups (broad SMARTS) is 1. The van der Waals surface area contributed by atoms with Crippen molar-refractivity contribution in [1.29, 1.82) is 0 Å². The highest BCUT2D eigenvalue weighted by Crippen LogP contribution is 2.41. The number of carboxylic acids is 1. The van der Waals surface area contributed by atoms with Crippen molar-refractivity contribution in [2.45, 2.75) is 63.8 Å². The van der Waals surface area contributed by atoms with Gasteiger partial charge in [-0.2, -0.15) is 0 Å². The molecule has 224 valence electrons. The van der Waals surface area contributed by atoms with Crippen molar-refractivity contribution in [1.82, 2.24) is 19.8 Å². The minimum absolute atomic E-state index is 0.0999. The molecule has 2 aliphatic heterocycles. The smallest absolute Gasteiger partial charge is 0.308 e. The lowest BCUT2D eigenvalue weighted by Gasteiger charge is -2.30. The highest BCUT2D eigenvalue weighted by Gasteiger charge is 2.47. The van der Waals surface area contributed by atoms with Gasteiger partial charge in [0.2, 0.25) is 5.91 Å². The van der Waals surface area contributed by atoms with Crippen LogP contribution in [0, 0.1) is 5.92 Å². The number of aryl methyl sites for hydroxylation is 1. The van der Waals surface area contributed by atoms with Gasteiger partial charge in [0.15, 0.2) is 0 Å². The van der Waals surface area contributed by atoms with E-state index < -0.39 is 11.9 Å². The van der Waals surface area contributed by atoms with Crippen LogP contribution in [0.25, 0.3) is 0 Å². The predicted octanol–water partition coefficient (Wildman–Crippen LogP) is 3.63. The van der Waals surface area contributed by atoms with E-state index in [1.165, 1.54) is 6.33 Å². The molecular formula is C32H48N5O4+. The normalized spacial score (nSPS) is 20.5. The average Bonchev–Trinajstić information content (AvgIpc) is 3.55. The maximum absolute atomic E-state index is 13.8. The number of nitrogens with zero attached hydrogens (tertiary/aromatic N) is 5. The van der Waals surface area contributed by atoms with E-state index in [9.17, 15) is 14.7 Å². The van der Waals surface area contributed by atoms with Gasteiger partial charge in [-0.1, -0.05) is 25.5 Å². The van der Waals surface area contributed by atoms with Gasteiger partial charge < -0.3 is 19.2 Å². The van der Waals surface area contributed by atoms with Crippen LogP contribution < -0.4 is 4.74 Å². The zero-order valence-corrected chi connectivity index (χ0v) is 25.3. The van der Waals surface area contributed by atoms with Crippen molar-refractivity contribution in [3.63, 3.8) is 0 Å². The Morgan fingerprint density at radius 1 is 1.15 bits per heavy atom. The van der Waals surface area contributed by atoms with Gasteiger partial charge in [-0.05, 0) is 55.4 Å². The molecule has 1 N–H and O–H groups in total. The molecule has 1 amide bonds. The number of carbonyl (C=O) groups is 2. The van der Waals surface area contributed by atoms with Gasteiger partial charge in [0.25, 0.3) is 0 Å². The Balaban J connectivity index is 1.54. The summed E-state index contributed by atoms with van der Waals surface area (Å²) in [6, 6.07) is 7.71. The molecule has 1 saturated heterocycles. The Morgan fingerprint density at radius 2 is 1.95 bits per heavy atom. The summed E-state index contributed by atoms with van der Waals surface area (Å²) in [6.45, 7) is 6.15. The molecule has 2 aromatic rings. The number of hydrogen-bond acceptors (Lipinski definition) is 6. The number of hydrogen-bond donors (Lipinski definition) is 1. The fourth-order valence-corrected chi connectivity index (χ4v) is 6.26. The van der Waals surface area contributed by atoms with E-state index in [4.69, 9.17) is 4.74 Å². The predicted molar refractivity (Wildman–Crippen MR) is 159 cm³/mol. The summed E-state index contributed by atoms with van der Waals surface area (Å²) >= 11 is 0. The number of likely N-dealkylation sites (tertiary alicyclic amines) is 1. The molecule has 1 aromatic heterocycles. The number of rotatable bonds is 15. The number of benzene rings is 1. The number of aliphatic carboxylic acids is 1. The minimum Gasteiger partial charge on any atom is -0.493 e. The van der Waals surface area contributed by atoms with Crippen molar-refractivity contribution < 1.29 is 23.9 Å². The number of unbranched alkanes of at least 4 members (excludes halogenated alkanes) is 2.